The Balaban J connectivity index is 3.65. The minimum Gasteiger partial charge on any atom is -0.480 e. The summed E-state index contributed by atoms with van der Waals surface area (Å²) in [5.41, 5.74) is 0. The van der Waals surface area contributed by atoms with Gasteiger partial charge in [0.1, 0.15) is 0 Å². The van der Waals surface area contributed by atoms with Crippen LogP contribution in [0.25, 0.3) is 0 Å². The van der Waals surface area contributed by atoms with Crippen molar-refractivity contribution in [3.05, 3.63) is 0 Å². The van der Waals surface area contributed by atoms with Crippen LogP contribution in [-0.4, -0.2) is 23.7 Å². The van der Waals surface area contributed by atoms with E-state index in [1.165, 1.54) is 6.92 Å². The summed E-state index contributed by atoms with van der Waals surface area (Å²) in [6, 6.07) is -0.714. The van der Waals surface area contributed by atoms with Gasteiger partial charge >= 0.3 is 5.97 Å². The van der Waals surface area contributed by atoms with Gasteiger partial charge in [0.25, 0.3) is 0 Å². The van der Waals surface area contributed by atoms with Gasteiger partial charge in [-0.25, -0.2) is 4.79 Å². The summed E-state index contributed by atoms with van der Waals surface area (Å²) in [7, 11) is 0. The van der Waals surface area contributed by atoms with Crippen molar-refractivity contribution in [1.29, 1.82) is 0 Å². The van der Waals surface area contributed by atoms with Gasteiger partial charge in [0, 0.05) is 0 Å². The smallest absolute Gasteiger partial charge is 0.330 e. The molecule has 0 aromatic heterocycles. The van der Waals surface area contributed by atoms with Gasteiger partial charge in [0.15, 0.2) is 6.04 Å². The van der Waals surface area contributed by atoms with E-state index >= 15 is 0 Å². The number of azo groups is 1. The summed E-state index contributed by atoms with van der Waals surface area (Å²) in [4.78, 5) is 10.2. The van der Waals surface area contributed by atoms with Gasteiger partial charge in [-0.1, -0.05) is 13.8 Å². The lowest BCUT2D eigenvalue weighted by atomic mass is 10.2. The van der Waals surface area contributed by atoms with Crippen LogP contribution in [0, 0.1) is 5.92 Å². The molecule has 0 aliphatic heterocycles. The third-order valence-electron chi connectivity index (χ3n) is 1.06. The molecule has 0 aliphatic rings. The lowest BCUT2D eigenvalue weighted by Gasteiger charge is -1.98. The molecule has 0 rings (SSSR count). The van der Waals surface area contributed by atoms with Crippen LogP contribution >= 0.6 is 0 Å². The van der Waals surface area contributed by atoms with Gasteiger partial charge in [0.2, 0.25) is 0 Å². The second kappa shape index (κ2) is 4.82. The predicted octanol–water partition coefficient (Wildman–Crippen LogP) is 1.57. The number of carbonyl (C=O) groups is 1. The average Bonchev–Trinajstić information content (AvgIpc) is 1.86. The summed E-state index contributed by atoms with van der Waals surface area (Å²) in [6.45, 7) is 6.11. The fraction of sp³-hybridized carbons (Fsp3) is 0.857. The predicted molar refractivity (Wildman–Crippen MR) is 41.7 cm³/mol. The van der Waals surface area contributed by atoms with E-state index in [4.69, 9.17) is 5.11 Å². The van der Waals surface area contributed by atoms with Crippen molar-refractivity contribution in [2.75, 3.05) is 6.54 Å². The molecule has 0 aromatic rings. The van der Waals surface area contributed by atoms with E-state index in [1.54, 1.807) is 0 Å². The standard InChI is InChI=1S/C7H14N2O2/c1-5(2)4-8-9-6(3)7(10)11/h5-6H,4H2,1-3H3,(H,10,11). The molecule has 64 valence electrons. The third-order valence-corrected chi connectivity index (χ3v) is 1.06. The fourth-order valence-electron chi connectivity index (χ4n) is 0.382. The van der Waals surface area contributed by atoms with Crippen LogP contribution in [0.2, 0.25) is 0 Å². The minimum absolute atomic E-state index is 0.430. The first-order valence-electron chi connectivity index (χ1n) is 3.63. The van der Waals surface area contributed by atoms with Crippen LogP contribution in [0.5, 0.6) is 0 Å². The normalized spacial score (nSPS) is 14.2. The van der Waals surface area contributed by atoms with Gasteiger partial charge in [-0.15, -0.1) is 0 Å². The first-order valence-corrected chi connectivity index (χ1v) is 3.63. The topological polar surface area (TPSA) is 62.0 Å². The molecule has 0 heterocycles. The molecule has 0 aliphatic carbocycles. The number of carboxylic acids is 1. The molecule has 1 unspecified atom stereocenters. The van der Waals surface area contributed by atoms with Gasteiger partial charge in [-0.2, -0.15) is 10.2 Å². The zero-order chi connectivity index (χ0) is 8.85. The van der Waals surface area contributed by atoms with E-state index in [9.17, 15) is 4.79 Å². The molecule has 11 heavy (non-hydrogen) atoms. The SMILES string of the molecule is CC(C)CN=NC(C)C(=O)O. The molecule has 4 heteroatoms. The monoisotopic (exact) mass is 158 g/mol. The minimum atomic E-state index is -0.933. The van der Waals surface area contributed by atoms with Gasteiger partial charge in [-0.3, -0.25) is 0 Å². The number of carboxylic acid groups (broad SMARTS) is 1. The number of rotatable bonds is 4. The maximum Gasteiger partial charge on any atom is 0.330 e. The Kier molecular flexibility index (Phi) is 4.41. The average molecular weight is 158 g/mol. The Morgan fingerprint density at radius 1 is 1.45 bits per heavy atom. The van der Waals surface area contributed by atoms with Crippen molar-refractivity contribution in [2.45, 2.75) is 26.8 Å². The first kappa shape index (κ1) is 10.1. The van der Waals surface area contributed by atoms with Crippen LogP contribution in [0.3, 0.4) is 0 Å². The Labute approximate surface area is 66.3 Å². The van der Waals surface area contributed by atoms with Crippen LogP contribution in [0.15, 0.2) is 10.2 Å². The number of hydrogen-bond acceptors (Lipinski definition) is 3. The van der Waals surface area contributed by atoms with Crippen molar-refractivity contribution in [2.24, 2.45) is 16.1 Å². The summed E-state index contributed by atoms with van der Waals surface area (Å²) in [5, 5.41) is 15.7. The van der Waals surface area contributed by atoms with Crippen molar-refractivity contribution >= 4 is 5.97 Å². The summed E-state index contributed by atoms with van der Waals surface area (Å²) in [5.74, 6) is -0.503. The van der Waals surface area contributed by atoms with Crippen LogP contribution < -0.4 is 0 Å². The zero-order valence-corrected chi connectivity index (χ0v) is 7.11. The van der Waals surface area contributed by atoms with Crippen molar-refractivity contribution in [3.63, 3.8) is 0 Å². The number of hydrogen-bond donors (Lipinski definition) is 1. The first-order chi connectivity index (χ1) is 5.04. The summed E-state index contributed by atoms with van der Waals surface area (Å²) < 4.78 is 0. The van der Waals surface area contributed by atoms with E-state index in [2.05, 4.69) is 10.2 Å². The molecule has 0 radical (unpaired) electrons. The maximum absolute atomic E-state index is 10.2. The second-order valence-corrected chi connectivity index (χ2v) is 2.85. The van der Waals surface area contributed by atoms with Crippen molar-refractivity contribution in [3.8, 4) is 0 Å². The highest BCUT2D eigenvalue weighted by Gasteiger charge is 2.07. The summed E-state index contributed by atoms with van der Waals surface area (Å²) >= 11 is 0. The zero-order valence-electron chi connectivity index (χ0n) is 7.11. The van der Waals surface area contributed by atoms with Crippen LogP contribution in [-0.2, 0) is 4.79 Å². The fourth-order valence-corrected chi connectivity index (χ4v) is 0.382. The Morgan fingerprint density at radius 3 is 2.36 bits per heavy atom. The van der Waals surface area contributed by atoms with Gasteiger partial charge in [0.05, 0.1) is 6.54 Å². The van der Waals surface area contributed by atoms with E-state index in [1.807, 2.05) is 13.8 Å². The maximum atomic E-state index is 10.2. The van der Waals surface area contributed by atoms with Crippen LogP contribution in [0.4, 0.5) is 0 Å². The number of aliphatic carboxylic acids is 1. The Bertz CT molecular complexity index is 155. The Morgan fingerprint density at radius 2 is 2.00 bits per heavy atom. The largest absolute Gasteiger partial charge is 0.480 e. The molecule has 0 fully saturated rings. The molecule has 0 spiro atoms. The van der Waals surface area contributed by atoms with E-state index in [-0.39, 0.29) is 0 Å². The van der Waals surface area contributed by atoms with Crippen LogP contribution in [0.1, 0.15) is 20.8 Å². The second-order valence-electron chi connectivity index (χ2n) is 2.85. The van der Waals surface area contributed by atoms with E-state index < -0.39 is 12.0 Å². The molecule has 0 saturated heterocycles. The van der Waals surface area contributed by atoms with E-state index in [0.29, 0.717) is 12.5 Å². The highest BCUT2D eigenvalue weighted by molar-refractivity contribution is 5.72. The molecule has 0 amide bonds. The van der Waals surface area contributed by atoms with Gasteiger partial charge < -0.3 is 5.11 Å². The molecular formula is C7H14N2O2. The molecule has 0 saturated carbocycles. The van der Waals surface area contributed by atoms with E-state index in [0.717, 1.165) is 0 Å². The Hall–Kier alpha value is -0.930. The number of nitrogens with zero attached hydrogens (tertiary/aromatic N) is 2. The lowest BCUT2D eigenvalue weighted by Crippen LogP contribution is -2.12. The highest BCUT2D eigenvalue weighted by atomic mass is 16.4. The van der Waals surface area contributed by atoms with Crippen molar-refractivity contribution in [1.82, 2.24) is 0 Å². The molecular weight excluding hydrogens is 144 g/mol. The van der Waals surface area contributed by atoms with Gasteiger partial charge in [-0.05, 0) is 12.8 Å². The molecule has 1 N–H and O–H groups in total. The summed E-state index contributed by atoms with van der Waals surface area (Å²) in [6.07, 6.45) is 0. The molecule has 4 nitrogen and oxygen atoms in total. The lowest BCUT2D eigenvalue weighted by molar-refractivity contribution is -0.138. The quantitative estimate of drug-likeness (QED) is 0.631. The van der Waals surface area contributed by atoms with Crippen molar-refractivity contribution < 1.29 is 9.90 Å². The molecule has 0 aromatic carbocycles. The molecule has 0 bridgehead atoms. The molecule has 1 atom stereocenters. The third kappa shape index (κ3) is 5.51. The highest BCUT2D eigenvalue weighted by Crippen LogP contribution is 1.95.